The third-order valence-corrected chi connectivity index (χ3v) is 7.90. The number of carboxylic acids is 1. The molecule has 0 fully saturated rings. The second-order valence-corrected chi connectivity index (χ2v) is 11.8. The van der Waals surface area contributed by atoms with Gasteiger partial charge in [-0.3, -0.25) is 0 Å². The summed E-state index contributed by atoms with van der Waals surface area (Å²) in [5.74, 6) is -0.0554. The standard InChI is InChI=1S/C39H35N3O5.Na/c1-39(2,26-40-47-25-37(43)44)38(29-13-19-33(20-14-29)45-23-31-17-11-27-7-3-5-9-35(27)41-31)30-15-21-34(22-16-30)46-24-32-18-12-28-8-4-6-10-36(28)42-32;/h3-22,26,38H,23-25H2,1-2H3,(H,43,44);/q;+1/p-1/b40-26+;. The van der Waals surface area contributed by atoms with E-state index in [4.69, 9.17) is 24.3 Å². The Morgan fingerprint density at radius 2 is 1.17 bits per heavy atom. The number of para-hydroxylation sites is 2. The molecular weight excluding hydrogens is 613 g/mol. The molecule has 236 valence electrons. The summed E-state index contributed by atoms with van der Waals surface area (Å²) in [7, 11) is 0. The molecule has 0 saturated heterocycles. The Morgan fingerprint density at radius 3 is 1.62 bits per heavy atom. The molecular formula is C39H34N3NaO5. The summed E-state index contributed by atoms with van der Waals surface area (Å²) in [6, 6.07) is 39.9. The number of oxime groups is 1. The van der Waals surface area contributed by atoms with Crippen LogP contribution in [0.1, 0.15) is 42.3 Å². The van der Waals surface area contributed by atoms with Gasteiger partial charge in [0.1, 0.15) is 24.7 Å². The first-order valence-electron chi connectivity index (χ1n) is 15.4. The van der Waals surface area contributed by atoms with Gasteiger partial charge in [0, 0.05) is 22.1 Å². The number of ether oxygens (including phenoxy) is 2. The van der Waals surface area contributed by atoms with E-state index in [-0.39, 0.29) is 35.5 Å². The number of nitrogens with zero attached hydrogens (tertiary/aromatic N) is 3. The van der Waals surface area contributed by atoms with Gasteiger partial charge in [-0.15, -0.1) is 0 Å². The van der Waals surface area contributed by atoms with E-state index in [1.807, 2.05) is 135 Å². The molecule has 8 nitrogen and oxygen atoms in total. The fraction of sp³-hybridized carbons (Fsp3) is 0.179. The third kappa shape index (κ3) is 8.77. The maximum Gasteiger partial charge on any atom is 1.00 e. The number of rotatable bonds is 13. The van der Waals surface area contributed by atoms with E-state index in [1.165, 1.54) is 0 Å². The Hall–Kier alpha value is -4.76. The molecule has 0 aliphatic rings. The van der Waals surface area contributed by atoms with E-state index >= 15 is 0 Å². The van der Waals surface area contributed by atoms with Gasteiger partial charge in [0.25, 0.3) is 0 Å². The van der Waals surface area contributed by atoms with Crippen molar-refractivity contribution in [2.75, 3.05) is 6.61 Å². The van der Waals surface area contributed by atoms with E-state index in [9.17, 15) is 9.90 Å². The van der Waals surface area contributed by atoms with Crippen molar-refractivity contribution in [2.45, 2.75) is 33.0 Å². The smallest absolute Gasteiger partial charge is 0.546 e. The van der Waals surface area contributed by atoms with Crippen LogP contribution in [-0.2, 0) is 22.8 Å². The van der Waals surface area contributed by atoms with Crippen LogP contribution in [0.5, 0.6) is 11.5 Å². The quantitative estimate of drug-likeness (QED) is 0.107. The van der Waals surface area contributed by atoms with Crippen LogP contribution in [0.2, 0.25) is 0 Å². The van der Waals surface area contributed by atoms with E-state index in [1.54, 1.807) is 6.21 Å². The first-order valence-corrected chi connectivity index (χ1v) is 15.4. The molecule has 0 spiro atoms. The van der Waals surface area contributed by atoms with Gasteiger partial charge in [-0.2, -0.15) is 0 Å². The predicted molar refractivity (Wildman–Crippen MR) is 180 cm³/mol. The van der Waals surface area contributed by atoms with E-state index < -0.39 is 18.0 Å². The molecule has 0 amide bonds. The fourth-order valence-electron chi connectivity index (χ4n) is 5.59. The van der Waals surface area contributed by atoms with Crippen LogP contribution in [-0.4, -0.2) is 28.8 Å². The van der Waals surface area contributed by atoms with E-state index in [0.717, 1.165) is 55.8 Å². The van der Waals surface area contributed by atoms with Gasteiger partial charge >= 0.3 is 29.6 Å². The van der Waals surface area contributed by atoms with Crippen LogP contribution < -0.4 is 44.1 Å². The first-order chi connectivity index (χ1) is 22.8. The Labute approximate surface area is 301 Å². The molecule has 6 rings (SSSR count). The number of carbonyl (C=O) groups excluding carboxylic acids is 1. The molecule has 6 aromatic rings. The largest absolute Gasteiger partial charge is 1.00 e. The molecule has 0 aliphatic carbocycles. The maximum absolute atomic E-state index is 10.8. The number of pyridine rings is 2. The Kier molecular flexibility index (Phi) is 11.4. The molecule has 9 heteroatoms. The summed E-state index contributed by atoms with van der Waals surface area (Å²) >= 11 is 0. The number of aromatic nitrogens is 2. The van der Waals surface area contributed by atoms with Crippen LogP contribution in [0, 0.1) is 5.41 Å². The van der Waals surface area contributed by atoms with Crippen molar-refractivity contribution in [3.05, 3.63) is 144 Å². The van der Waals surface area contributed by atoms with Gasteiger partial charge in [-0.25, -0.2) is 9.97 Å². The summed E-state index contributed by atoms with van der Waals surface area (Å²) in [6.45, 7) is 4.12. The number of benzene rings is 4. The fourth-order valence-corrected chi connectivity index (χ4v) is 5.59. The first kappa shape index (κ1) is 34.6. The molecule has 0 aliphatic heterocycles. The second-order valence-electron chi connectivity index (χ2n) is 11.8. The maximum atomic E-state index is 10.8. The Bertz CT molecular complexity index is 1890. The Balaban J connectivity index is 0.00000451. The van der Waals surface area contributed by atoms with Crippen molar-refractivity contribution in [2.24, 2.45) is 10.6 Å². The normalized spacial score (nSPS) is 11.5. The van der Waals surface area contributed by atoms with E-state index in [0.29, 0.717) is 13.2 Å². The minimum atomic E-state index is -1.33. The number of hydrogen-bond donors (Lipinski definition) is 0. The molecule has 0 unspecified atom stereocenters. The van der Waals surface area contributed by atoms with Crippen molar-refractivity contribution in [3.8, 4) is 11.5 Å². The van der Waals surface area contributed by atoms with Crippen LogP contribution in [0.3, 0.4) is 0 Å². The molecule has 0 saturated carbocycles. The number of aliphatic carboxylic acids is 1. The summed E-state index contributed by atoms with van der Waals surface area (Å²) < 4.78 is 12.2. The second kappa shape index (κ2) is 15.9. The molecule has 0 N–H and O–H groups in total. The van der Waals surface area contributed by atoms with Crippen LogP contribution in [0.25, 0.3) is 21.8 Å². The van der Waals surface area contributed by atoms with Gasteiger partial charge in [0.2, 0.25) is 0 Å². The minimum Gasteiger partial charge on any atom is -0.546 e. The summed E-state index contributed by atoms with van der Waals surface area (Å²) in [4.78, 5) is 25.2. The topological polar surface area (TPSA) is 106 Å². The van der Waals surface area contributed by atoms with E-state index in [2.05, 4.69) is 5.16 Å². The minimum absolute atomic E-state index is 0. The Morgan fingerprint density at radius 1 is 0.708 bits per heavy atom. The molecule has 0 radical (unpaired) electrons. The zero-order chi connectivity index (χ0) is 32.6. The molecule has 0 bridgehead atoms. The summed E-state index contributed by atoms with van der Waals surface area (Å²) in [5.41, 5.74) is 5.03. The zero-order valence-electron chi connectivity index (χ0n) is 27.2. The van der Waals surface area contributed by atoms with Crippen LogP contribution in [0.15, 0.2) is 126 Å². The van der Waals surface area contributed by atoms with Crippen molar-refractivity contribution in [1.29, 1.82) is 0 Å². The van der Waals surface area contributed by atoms with Crippen molar-refractivity contribution >= 4 is 34.0 Å². The summed E-state index contributed by atoms with van der Waals surface area (Å²) in [5, 5.41) is 17.0. The number of carboxylic acid groups (broad SMARTS) is 1. The van der Waals surface area contributed by atoms with Crippen molar-refractivity contribution in [1.82, 2.24) is 9.97 Å². The molecule has 2 heterocycles. The molecule has 48 heavy (non-hydrogen) atoms. The third-order valence-electron chi connectivity index (χ3n) is 7.90. The van der Waals surface area contributed by atoms with Gasteiger partial charge < -0.3 is 24.2 Å². The van der Waals surface area contributed by atoms with Gasteiger partial charge in [-0.1, -0.05) is 91.8 Å². The predicted octanol–water partition coefficient (Wildman–Crippen LogP) is 3.86. The number of hydrogen-bond acceptors (Lipinski definition) is 8. The van der Waals surface area contributed by atoms with Crippen molar-refractivity contribution in [3.63, 3.8) is 0 Å². The van der Waals surface area contributed by atoms with Gasteiger partial charge in [0.05, 0.1) is 34.6 Å². The molecule has 4 aromatic carbocycles. The number of carbonyl (C=O) groups is 1. The zero-order valence-corrected chi connectivity index (χ0v) is 29.2. The van der Waals surface area contributed by atoms with Gasteiger partial charge in [-0.05, 0) is 59.7 Å². The van der Waals surface area contributed by atoms with Gasteiger partial charge in [0.15, 0.2) is 6.61 Å². The monoisotopic (exact) mass is 647 g/mol. The van der Waals surface area contributed by atoms with Crippen LogP contribution in [0.4, 0.5) is 0 Å². The van der Waals surface area contributed by atoms with Crippen molar-refractivity contribution < 1.29 is 53.8 Å². The van der Waals surface area contributed by atoms with Crippen LogP contribution >= 0.6 is 0 Å². The SMILES string of the molecule is CC(C)(/C=N/OCC(=O)[O-])C(c1ccc(OCc2ccc3ccccc3n2)cc1)c1ccc(OCc2ccc3ccccc3n2)cc1.[Na+]. The summed E-state index contributed by atoms with van der Waals surface area (Å²) in [6.07, 6.45) is 1.63. The molecule has 2 aromatic heterocycles. The average Bonchev–Trinajstić information content (AvgIpc) is 3.09. The number of fused-ring (bicyclic) bond motifs is 2. The molecule has 0 atom stereocenters. The average molecular weight is 648 g/mol.